The number of ether oxygens (including phenoxy) is 1. The quantitative estimate of drug-likeness (QED) is 0.811. The summed E-state index contributed by atoms with van der Waals surface area (Å²) in [5, 5.41) is 11.6. The fourth-order valence-electron chi connectivity index (χ4n) is 2.19. The van der Waals surface area contributed by atoms with Gasteiger partial charge in [0.25, 0.3) is 0 Å². The van der Waals surface area contributed by atoms with Crippen molar-refractivity contribution in [3.8, 4) is 0 Å². The summed E-state index contributed by atoms with van der Waals surface area (Å²) < 4.78 is 7.32. The van der Waals surface area contributed by atoms with Gasteiger partial charge >= 0.3 is 12.1 Å². The first kappa shape index (κ1) is 18.1. The Morgan fingerprint density at radius 3 is 2.64 bits per heavy atom. The molecule has 0 aliphatic carbocycles. The minimum Gasteiger partial charge on any atom is -0.481 e. The lowest BCUT2D eigenvalue weighted by Crippen LogP contribution is -2.40. The molecule has 0 aromatic carbocycles. The molecule has 1 rings (SSSR count). The SMILES string of the molecule is CCn1cccc1CC(CCC(=O)O)NC(=O)OC(C)(C)C. The normalized spacial score (nSPS) is 12.7. The van der Waals surface area contributed by atoms with Crippen molar-refractivity contribution in [2.75, 3.05) is 0 Å². The third-order valence-electron chi connectivity index (χ3n) is 3.15. The van der Waals surface area contributed by atoms with E-state index in [1.807, 2.05) is 25.3 Å². The fourth-order valence-corrected chi connectivity index (χ4v) is 2.19. The zero-order chi connectivity index (χ0) is 16.8. The molecule has 1 unspecified atom stereocenters. The Morgan fingerprint density at radius 1 is 1.41 bits per heavy atom. The highest BCUT2D eigenvalue weighted by molar-refractivity contribution is 5.69. The van der Waals surface area contributed by atoms with Gasteiger partial charge in [-0.15, -0.1) is 0 Å². The van der Waals surface area contributed by atoms with Crippen LogP contribution in [0.3, 0.4) is 0 Å². The molecule has 0 aliphatic heterocycles. The molecular weight excluding hydrogens is 284 g/mol. The number of amides is 1. The van der Waals surface area contributed by atoms with E-state index in [2.05, 4.69) is 9.88 Å². The van der Waals surface area contributed by atoms with Crippen LogP contribution >= 0.6 is 0 Å². The first-order valence-corrected chi connectivity index (χ1v) is 7.56. The predicted molar refractivity (Wildman–Crippen MR) is 83.8 cm³/mol. The molecule has 6 nitrogen and oxygen atoms in total. The Balaban J connectivity index is 2.71. The maximum atomic E-state index is 11.9. The van der Waals surface area contributed by atoms with Crippen molar-refractivity contribution in [2.24, 2.45) is 0 Å². The van der Waals surface area contributed by atoms with Crippen molar-refractivity contribution >= 4 is 12.1 Å². The number of hydrogen-bond donors (Lipinski definition) is 2. The van der Waals surface area contributed by atoms with Crippen LogP contribution in [-0.2, 0) is 22.5 Å². The monoisotopic (exact) mass is 310 g/mol. The number of rotatable bonds is 7. The lowest BCUT2D eigenvalue weighted by atomic mass is 10.1. The highest BCUT2D eigenvalue weighted by Gasteiger charge is 2.21. The van der Waals surface area contributed by atoms with E-state index >= 15 is 0 Å². The summed E-state index contributed by atoms with van der Waals surface area (Å²) in [6.07, 6.45) is 2.40. The van der Waals surface area contributed by atoms with E-state index in [1.54, 1.807) is 20.8 Å². The molecular formula is C16H26N2O4. The lowest BCUT2D eigenvalue weighted by molar-refractivity contribution is -0.137. The summed E-state index contributed by atoms with van der Waals surface area (Å²) in [5.74, 6) is -0.873. The molecule has 1 aromatic rings. The fraction of sp³-hybridized carbons (Fsp3) is 0.625. The lowest BCUT2D eigenvalue weighted by Gasteiger charge is -2.23. The minimum absolute atomic E-state index is 0.00724. The summed E-state index contributed by atoms with van der Waals surface area (Å²) in [6, 6.07) is 3.65. The van der Waals surface area contributed by atoms with E-state index < -0.39 is 17.7 Å². The zero-order valence-electron chi connectivity index (χ0n) is 13.8. The van der Waals surface area contributed by atoms with Crippen molar-refractivity contribution in [3.05, 3.63) is 24.0 Å². The van der Waals surface area contributed by atoms with E-state index in [-0.39, 0.29) is 12.5 Å². The third kappa shape index (κ3) is 6.65. The number of carboxylic acid groups (broad SMARTS) is 1. The Morgan fingerprint density at radius 2 is 2.09 bits per heavy atom. The summed E-state index contributed by atoms with van der Waals surface area (Å²) in [5.41, 5.74) is 0.486. The molecule has 0 fully saturated rings. The molecule has 1 heterocycles. The standard InChI is InChI=1S/C16H26N2O4/c1-5-18-10-6-7-13(18)11-12(8-9-14(19)20)17-15(21)22-16(2,3)4/h6-7,10,12H,5,8-9,11H2,1-4H3,(H,17,21)(H,19,20). The number of aliphatic carboxylic acids is 1. The van der Waals surface area contributed by atoms with Gasteiger partial charge in [0.15, 0.2) is 0 Å². The Bertz CT molecular complexity index is 502. The zero-order valence-corrected chi connectivity index (χ0v) is 13.8. The summed E-state index contributed by atoms with van der Waals surface area (Å²) in [4.78, 5) is 22.7. The maximum Gasteiger partial charge on any atom is 0.407 e. The molecule has 124 valence electrons. The van der Waals surface area contributed by atoms with Crippen molar-refractivity contribution in [1.82, 2.24) is 9.88 Å². The molecule has 6 heteroatoms. The molecule has 1 atom stereocenters. The summed E-state index contributed by atoms with van der Waals surface area (Å²) in [7, 11) is 0. The highest BCUT2D eigenvalue weighted by atomic mass is 16.6. The number of aryl methyl sites for hydroxylation is 1. The average Bonchev–Trinajstić information content (AvgIpc) is 2.80. The number of hydrogen-bond acceptors (Lipinski definition) is 3. The number of carbonyl (C=O) groups is 2. The predicted octanol–water partition coefficient (Wildman–Crippen LogP) is 2.81. The van der Waals surface area contributed by atoms with E-state index in [0.717, 1.165) is 12.2 Å². The molecule has 0 spiro atoms. The molecule has 0 aliphatic rings. The highest BCUT2D eigenvalue weighted by Crippen LogP contribution is 2.12. The number of carboxylic acids is 1. The second-order valence-corrected chi connectivity index (χ2v) is 6.27. The minimum atomic E-state index is -0.873. The second-order valence-electron chi connectivity index (χ2n) is 6.27. The van der Waals surface area contributed by atoms with Gasteiger partial charge in [-0.05, 0) is 46.2 Å². The molecule has 0 saturated heterocycles. The van der Waals surface area contributed by atoms with Crippen LogP contribution in [0, 0.1) is 0 Å². The Labute approximate surface area is 131 Å². The van der Waals surface area contributed by atoms with E-state index in [9.17, 15) is 9.59 Å². The topological polar surface area (TPSA) is 80.6 Å². The van der Waals surface area contributed by atoms with Crippen LogP contribution in [0.5, 0.6) is 0 Å². The maximum absolute atomic E-state index is 11.9. The summed E-state index contributed by atoms with van der Waals surface area (Å²) >= 11 is 0. The van der Waals surface area contributed by atoms with Gasteiger partial charge < -0.3 is 19.7 Å². The molecule has 0 bridgehead atoms. The van der Waals surface area contributed by atoms with Crippen molar-refractivity contribution < 1.29 is 19.4 Å². The van der Waals surface area contributed by atoms with Crippen LogP contribution in [0.1, 0.15) is 46.2 Å². The van der Waals surface area contributed by atoms with Crippen LogP contribution in [-0.4, -0.2) is 33.4 Å². The van der Waals surface area contributed by atoms with Crippen LogP contribution in [0.25, 0.3) is 0 Å². The number of nitrogens with one attached hydrogen (secondary N) is 1. The number of aromatic nitrogens is 1. The Kier molecular flexibility index (Phi) is 6.46. The number of nitrogens with zero attached hydrogens (tertiary/aromatic N) is 1. The molecule has 1 amide bonds. The smallest absolute Gasteiger partial charge is 0.407 e. The van der Waals surface area contributed by atoms with E-state index in [4.69, 9.17) is 9.84 Å². The van der Waals surface area contributed by atoms with E-state index in [1.165, 1.54) is 0 Å². The van der Waals surface area contributed by atoms with Crippen molar-refractivity contribution in [3.63, 3.8) is 0 Å². The molecule has 0 saturated carbocycles. The largest absolute Gasteiger partial charge is 0.481 e. The van der Waals surface area contributed by atoms with Gasteiger partial charge in [0, 0.05) is 37.3 Å². The van der Waals surface area contributed by atoms with Gasteiger partial charge in [0.1, 0.15) is 5.60 Å². The van der Waals surface area contributed by atoms with Crippen LogP contribution < -0.4 is 5.32 Å². The van der Waals surface area contributed by atoms with Gasteiger partial charge in [0.05, 0.1) is 0 Å². The van der Waals surface area contributed by atoms with Crippen molar-refractivity contribution in [2.45, 2.75) is 65.1 Å². The molecule has 0 radical (unpaired) electrons. The van der Waals surface area contributed by atoms with Gasteiger partial charge in [-0.3, -0.25) is 4.79 Å². The number of carbonyl (C=O) groups excluding carboxylic acids is 1. The average molecular weight is 310 g/mol. The van der Waals surface area contributed by atoms with Gasteiger partial charge in [-0.1, -0.05) is 0 Å². The Hall–Kier alpha value is -1.98. The number of alkyl carbamates (subject to hydrolysis) is 1. The first-order valence-electron chi connectivity index (χ1n) is 7.56. The second kappa shape index (κ2) is 7.87. The van der Waals surface area contributed by atoms with Gasteiger partial charge in [0.2, 0.25) is 0 Å². The molecule has 22 heavy (non-hydrogen) atoms. The van der Waals surface area contributed by atoms with Crippen LogP contribution in [0.4, 0.5) is 4.79 Å². The molecule has 1 aromatic heterocycles. The molecule has 2 N–H and O–H groups in total. The third-order valence-corrected chi connectivity index (χ3v) is 3.15. The first-order chi connectivity index (χ1) is 10.2. The van der Waals surface area contributed by atoms with Crippen LogP contribution in [0.2, 0.25) is 0 Å². The summed E-state index contributed by atoms with van der Waals surface area (Å²) in [6.45, 7) is 8.25. The van der Waals surface area contributed by atoms with E-state index in [0.29, 0.717) is 12.8 Å². The van der Waals surface area contributed by atoms with Gasteiger partial charge in [-0.25, -0.2) is 4.79 Å². The van der Waals surface area contributed by atoms with Gasteiger partial charge in [-0.2, -0.15) is 0 Å². The van der Waals surface area contributed by atoms with Crippen molar-refractivity contribution in [1.29, 1.82) is 0 Å². The van der Waals surface area contributed by atoms with Crippen LogP contribution in [0.15, 0.2) is 18.3 Å².